The van der Waals surface area contributed by atoms with Gasteiger partial charge in [-0.1, -0.05) is 39.7 Å². The number of ether oxygens (including phenoxy) is 1. The Morgan fingerprint density at radius 1 is 1.32 bits per heavy atom. The quantitative estimate of drug-likeness (QED) is 0.626. The van der Waals surface area contributed by atoms with Gasteiger partial charge in [0, 0.05) is 9.50 Å². The molecule has 0 aliphatic rings. The van der Waals surface area contributed by atoms with E-state index in [1.807, 2.05) is 12.1 Å². The largest absolute Gasteiger partial charge is 0.468 e. The van der Waals surface area contributed by atoms with E-state index in [9.17, 15) is 4.79 Å². The number of nitrogens with zero attached hydrogens (tertiary/aromatic N) is 1. The summed E-state index contributed by atoms with van der Waals surface area (Å²) in [6.07, 6.45) is 1.37. The van der Waals surface area contributed by atoms with Gasteiger partial charge in [0.1, 0.15) is 11.4 Å². The predicted molar refractivity (Wildman–Crippen MR) is 87.0 cm³/mol. The summed E-state index contributed by atoms with van der Waals surface area (Å²) < 4.78 is 11.0. The maximum atomic E-state index is 12.3. The first-order valence-electron chi connectivity index (χ1n) is 6.46. The first-order chi connectivity index (χ1) is 10.6. The van der Waals surface area contributed by atoms with Crippen LogP contribution in [0.2, 0.25) is 5.02 Å². The second-order valence-electron chi connectivity index (χ2n) is 4.70. The van der Waals surface area contributed by atoms with E-state index in [0.29, 0.717) is 21.7 Å². The Morgan fingerprint density at radius 3 is 2.86 bits per heavy atom. The van der Waals surface area contributed by atoms with Gasteiger partial charge in [0.15, 0.2) is 12.0 Å². The van der Waals surface area contributed by atoms with Crippen LogP contribution in [0.4, 0.5) is 0 Å². The summed E-state index contributed by atoms with van der Waals surface area (Å²) in [7, 11) is 1.36. The van der Waals surface area contributed by atoms with Gasteiger partial charge in [-0.2, -0.15) is 0 Å². The van der Waals surface area contributed by atoms with Crippen molar-refractivity contribution in [3.63, 3.8) is 0 Å². The lowest BCUT2D eigenvalue weighted by Crippen LogP contribution is -2.16. The third-order valence-corrected chi connectivity index (χ3v) is 4.22. The van der Waals surface area contributed by atoms with Crippen molar-refractivity contribution in [2.45, 2.75) is 5.92 Å². The average molecular weight is 381 g/mol. The standard InChI is InChI=1S/C16H11BrClNO3/c1-21-16(20)15(11-4-3-10(17)7-12(11)18)9-2-5-14-13(6-9)19-8-22-14/h2-8,15H,1H3. The first-order valence-corrected chi connectivity index (χ1v) is 7.63. The number of esters is 1. The third-order valence-electron chi connectivity index (χ3n) is 3.40. The Labute approximate surface area is 140 Å². The number of hydrogen-bond donors (Lipinski definition) is 0. The van der Waals surface area contributed by atoms with E-state index in [0.717, 1.165) is 10.0 Å². The molecule has 0 spiro atoms. The fourth-order valence-corrected chi connectivity index (χ4v) is 3.13. The number of carbonyl (C=O) groups is 1. The molecule has 0 saturated heterocycles. The van der Waals surface area contributed by atoms with E-state index in [1.54, 1.807) is 24.3 Å². The smallest absolute Gasteiger partial charge is 0.317 e. The van der Waals surface area contributed by atoms with Crippen LogP contribution in [0.3, 0.4) is 0 Å². The van der Waals surface area contributed by atoms with E-state index >= 15 is 0 Å². The molecule has 22 heavy (non-hydrogen) atoms. The molecule has 1 aromatic heterocycles. The SMILES string of the molecule is COC(=O)C(c1ccc2ocnc2c1)c1ccc(Br)cc1Cl. The van der Waals surface area contributed by atoms with Crippen molar-refractivity contribution in [2.75, 3.05) is 7.11 Å². The Kier molecular flexibility index (Phi) is 4.18. The Bertz CT molecular complexity index is 846. The first kappa shape index (κ1) is 15.1. The number of rotatable bonds is 3. The highest BCUT2D eigenvalue weighted by molar-refractivity contribution is 9.10. The topological polar surface area (TPSA) is 52.3 Å². The molecular weight excluding hydrogens is 370 g/mol. The molecular formula is C16H11BrClNO3. The minimum Gasteiger partial charge on any atom is -0.468 e. The van der Waals surface area contributed by atoms with E-state index in [-0.39, 0.29) is 5.97 Å². The summed E-state index contributed by atoms with van der Waals surface area (Å²) in [4.78, 5) is 16.4. The number of aromatic nitrogens is 1. The molecule has 2 aromatic carbocycles. The number of fused-ring (bicyclic) bond motifs is 1. The summed E-state index contributed by atoms with van der Waals surface area (Å²) in [6.45, 7) is 0. The van der Waals surface area contributed by atoms with Crippen molar-refractivity contribution in [1.29, 1.82) is 0 Å². The molecule has 1 unspecified atom stereocenters. The molecule has 0 N–H and O–H groups in total. The lowest BCUT2D eigenvalue weighted by atomic mass is 9.91. The Morgan fingerprint density at radius 2 is 2.14 bits per heavy atom. The minimum absolute atomic E-state index is 0.382. The molecule has 112 valence electrons. The molecule has 1 heterocycles. The van der Waals surface area contributed by atoms with Crippen molar-refractivity contribution >= 4 is 44.6 Å². The highest BCUT2D eigenvalue weighted by Crippen LogP contribution is 2.34. The van der Waals surface area contributed by atoms with Gasteiger partial charge < -0.3 is 9.15 Å². The second kappa shape index (κ2) is 6.10. The highest BCUT2D eigenvalue weighted by atomic mass is 79.9. The van der Waals surface area contributed by atoms with E-state index in [2.05, 4.69) is 20.9 Å². The van der Waals surface area contributed by atoms with Crippen molar-refractivity contribution < 1.29 is 13.9 Å². The molecule has 6 heteroatoms. The van der Waals surface area contributed by atoms with Crippen molar-refractivity contribution in [3.8, 4) is 0 Å². The minimum atomic E-state index is -0.619. The monoisotopic (exact) mass is 379 g/mol. The van der Waals surface area contributed by atoms with Gasteiger partial charge in [0.2, 0.25) is 0 Å². The van der Waals surface area contributed by atoms with Gasteiger partial charge in [0.05, 0.1) is 7.11 Å². The number of methoxy groups -OCH3 is 1. The van der Waals surface area contributed by atoms with E-state index in [1.165, 1.54) is 13.5 Å². The maximum absolute atomic E-state index is 12.3. The zero-order valence-electron chi connectivity index (χ0n) is 11.5. The molecule has 1 atom stereocenters. The molecule has 4 nitrogen and oxygen atoms in total. The summed E-state index contributed by atoms with van der Waals surface area (Å²) in [5, 5.41) is 0.491. The molecule has 3 rings (SSSR count). The van der Waals surface area contributed by atoms with Crippen LogP contribution in [0.5, 0.6) is 0 Å². The van der Waals surface area contributed by atoms with E-state index in [4.69, 9.17) is 20.8 Å². The molecule has 0 fully saturated rings. The summed E-state index contributed by atoms with van der Waals surface area (Å²) in [5.41, 5.74) is 2.77. The lowest BCUT2D eigenvalue weighted by Gasteiger charge is -2.17. The molecule has 0 aliphatic carbocycles. The normalized spacial score (nSPS) is 12.3. The average Bonchev–Trinajstić information content (AvgIpc) is 2.97. The van der Waals surface area contributed by atoms with E-state index < -0.39 is 5.92 Å². The van der Waals surface area contributed by atoms with Crippen LogP contribution in [-0.4, -0.2) is 18.1 Å². The molecule has 0 amide bonds. The highest BCUT2D eigenvalue weighted by Gasteiger charge is 2.26. The van der Waals surface area contributed by atoms with Gasteiger partial charge in [0.25, 0.3) is 0 Å². The van der Waals surface area contributed by atoms with Crippen LogP contribution in [0, 0.1) is 0 Å². The van der Waals surface area contributed by atoms with Gasteiger partial charge in [-0.25, -0.2) is 4.98 Å². The van der Waals surface area contributed by atoms with Crippen LogP contribution < -0.4 is 0 Å². The number of carbonyl (C=O) groups excluding carboxylic acids is 1. The lowest BCUT2D eigenvalue weighted by molar-refractivity contribution is -0.141. The van der Waals surface area contributed by atoms with Crippen LogP contribution in [0.25, 0.3) is 11.1 Å². The van der Waals surface area contributed by atoms with Crippen molar-refractivity contribution in [3.05, 3.63) is 63.4 Å². The maximum Gasteiger partial charge on any atom is 0.317 e. The van der Waals surface area contributed by atoms with Gasteiger partial charge >= 0.3 is 5.97 Å². The van der Waals surface area contributed by atoms with Crippen LogP contribution in [0.1, 0.15) is 17.0 Å². The summed E-state index contributed by atoms with van der Waals surface area (Å²) in [5.74, 6) is -1.00. The number of oxazole rings is 1. The van der Waals surface area contributed by atoms with Gasteiger partial charge in [-0.05, 0) is 35.4 Å². The Balaban J connectivity index is 2.15. The zero-order valence-corrected chi connectivity index (χ0v) is 13.9. The van der Waals surface area contributed by atoms with Crippen molar-refractivity contribution in [1.82, 2.24) is 4.98 Å². The molecule has 0 aliphatic heterocycles. The van der Waals surface area contributed by atoms with Gasteiger partial charge in [-0.3, -0.25) is 4.79 Å². The molecule has 0 radical (unpaired) electrons. The fourth-order valence-electron chi connectivity index (χ4n) is 2.35. The number of benzene rings is 2. The number of hydrogen-bond acceptors (Lipinski definition) is 4. The Hall–Kier alpha value is -1.85. The van der Waals surface area contributed by atoms with Crippen LogP contribution in [-0.2, 0) is 9.53 Å². The summed E-state index contributed by atoms with van der Waals surface area (Å²) >= 11 is 9.66. The third kappa shape index (κ3) is 2.74. The van der Waals surface area contributed by atoms with Gasteiger partial charge in [-0.15, -0.1) is 0 Å². The fraction of sp³-hybridized carbons (Fsp3) is 0.125. The second-order valence-corrected chi connectivity index (χ2v) is 6.02. The van der Waals surface area contributed by atoms with Crippen molar-refractivity contribution in [2.24, 2.45) is 0 Å². The van der Waals surface area contributed by atoms with Crippen LogP contribution in [0.15, 0.2) is 51.7 Å². The zero-order chi connectivity index (χ0) is 15.7. The van der Waals surface area contributed by atoms with Crippen LogP contribution >= 0.6 is 27.5 Å². The predicted octanol–water partition coefficient (Wildman–Crippen LogP) is 4.55. The number of halogens is 2. The molecule has 0 saturated carbocycles. The molecule has 3 aromatic rings. The molecule has 0 bridgehead atoms. The summed E-state index contributed by atoms with van der Waals surface area (Å²) in [6, 6.07) is 10.8.